The average molecular weight is 522 g/mol. The van der Waals surface area contributed by atoms with E-state index < -0.39 is 0 Å². The molecule has 1 aromatic heterocycles. The van der Waals surface area contributed by atoms with Gasteiger partial charge in [0, 0.05) is 22.3 Å². The number of anilines is 1. The summed E-state index contributed by atoms with van der Waals surface area (Å²) in [4.78, 5) is 12.5. The van der Waals surface area contributed by atoms with Crippen LogP contribution in [0.5, 0.6) is 5.75 Å². The van der Waals surface area contributed by atoms with Gasteiger partial charge in [-0.05, 0) is 48.6 Å². The molecule has 1 unspecified atom stereocenters. The molecule has 34 heavy (non-hydrogen) atoms. The lowest BCUT2D eigenvalue weighted by atomic mass is 10.0. The summed E-state index contributed by atoms with van der Waals surface area (Å²) in [6.07, 6.45) is -0.303. The molecule has 3 aromatic rings. The summed E-state index contributed by atoms with van der Waals surface area (Å²) in [5, 5.41) is 13.2. The Balaban J connectivity index is 1.74. The summed E-state index contributed by atoms with van der Waals surface area (Å²) in [6.45, 7) is 11.2. The van der Waals surface area contributed by atoms with Gasteiger partial charge in [-0.25, -0.2) is 0 Å². The summed E-state index contributed by atoms with van der Waals surface area (Å²) in [6, 6.07) is 13.0. The molecule has 0 saturated carbocycles. The highest BCUT2D eigenvalue weighted by Crippen LogP contribution is 2.31. The second-order valence-electron chi connectivity index (χ2n) is 8.79. The van der Waals surface area contributed by atoms with Crippen LogP contribution < -0.4 is 10.1 Å². The van der Waals surface area contributed by atoms with Gasteiger partial charge in [-0.2, -0.15) is 0 Å². The highest BCUT2D eigenvalue weighted by atomic mass is 35.5. The van der Waals surface area contributed by atoms with Gasteiger partial charge in [-0.1, -0.05) is 80.9 Å². The van der Waals surface area contributed by atoms with Gasteiger partial charge in [0.05, 0.1) is 5.75 Å². The molecule has 0 aliphatic carbocycles. The molecular weight excluding hydrogens is 491 g/mol. The van der Waals surface area contributed by atoms with E-state index >= 15 is 0 Å². The predicted molar refractivity (Wildman–Crippen MR) is 140 cm³/mol. The van der Waals surface area contributed by atoms with Crippen LogP contribution in [0.3, 0.4) is 0 Å². The third-order valence-electron chi connectivity index (χ3n) is 4.98. The SMILES string of the molecule is CC(C)Cn1c(SCC(=O)Nc2cc(Cl)cc(Cl)c2)nnc1C(C)Oc1ccccc1C(C)C. The Morgan fingerprint density at radius 3 is 2.38 bits per heavy atom. The lowest BCUT2D eigenvalue weighted by Crippen LogP contribution is -2.17. The fourth-order valence-electron chi connectivity index (χ4n) is 3.51. The van der Waals surface area contributed by atoms with E-state index in [4.69, 9.17) is 27.9 Å². The van der Waals surface area contributed by atoms with Crippen LogP contribution in [-0.2, 0) is 11.3 Å². The second-order valence-corrected chi connectivity index (χ2v) is 10.6. The molecule has 0 spiro atoms. The first-order valence-corrected chi connectivity index (χ1v) is 13.0. The average Bonchev–Trinajstić information content (AvgIpc) is 3.13. The van der Waals surface area contributed by atoms with Crippen LogP contribution in [0.2, 0.25) is 10.0 Å². The molecule has 1 N–H and O–H groups in total. The molecule has 1 atom stereocenters. The highest BCUT2D eigenvalue weighted by molar-refractivity contribution is 7.99. The Kier molecular flexibility index (Phi) is 9.28. The van der Waals surface area contributed by atoms with Crippen molar-refractivity contribution in [2.24, 2.45) is 5.92 Å². The first kappa shape index (κ1) is 26.4. The number of hydrogen-bond donors (Lipinski definition) is 1. The zero-order chi connectivity index (χ0) is 24.8. The topological polar surface area (TPSA) is 69.0 Å². The van der Waals surface area contributed by atoms with Crippen LogP contribution in [0, 0.1) is 5.92 Å². The Morgan fingerprint density at radius 1 is 1.06 bits per heavy atom. The zero-order valence-corrected chi connectivity index (χ0v) is 22.3. The van der Waals surface area contributed by atoms with Crippen molar-refractivity contribution in [3.8, 4) is 5.75 Å². The van der Waals surface area contributed by atoms with E-state index in [2.05, 4.69) is 49.3 Å². The molecule has 0 aliphatic rings. The summed E-state index contributed by atoms with van der Waals surface area (Å²) in [5.41, 5.74) is 1.70. The lowest BCUT2D eigenvalue weighted by Gasteiger charge is -2.20. The number of ether oxygens (including phenoxy) is 1. The number of aromatic nitrogens is 3. The summed E-state index contributed by atoms with van der Waals surface area (Å²) >= 11 is 13.4. The largest absolute Gasteiger partial charge is 0.482 e. The maximum Gasteiger partial charge on any atom is 0.234 e. The summed E-state index contributed by atoms with van der Waals surface area (Å²) < 4.78 is 8.36. The normalized spacial score (nSPS) is 12.3. The van der Waals surface area contributed by atoms with Crippen molar-refractivity contribution >= 4 is 46.6 Å². The first-order chi connectivity index (χ1) is 16.1. The predicted octanol–water partition coefficient (Wildman–Crippen LogP) is 7.24. The van der Waals surface area contributed by atoms with Gasteiger partial charge in [0.2, 0.25) is 5.91 Å². The monoisotopic (exact) mass is 520 g/mol. The third kappa shape index (κ3) is 7.14. The van der Waals surface area contributed by atoms with Gasteiger partial charge in [-0.3, -0.25) is 4.79 Å². The number of nitrogens with one attached hydrogen (secondary N) is 1. The Bertz CT molecular complexity index is 1110. The Morgan fingerprint density at radius 2 is 1.74 bits per heavy atom. The fourth-order valence-corrected chi connectivity index (χ4v) is 4.79. The summed E-state index contributed by atoms with van der Waals surface area (Å²) in [5.74, 6) is 2.28. The van der Waals surface area contributed by atoms with Crippen LogP contribution in [-0.4, -0.2) is 26.4 Å². The van der Waals surface area contributed by atoms with Crippen molar-refractivity contribution in [3.63, 3.8) is 0 Å². The molecule has 6 nitrogen and oxygen atoms in total. The van der Waals surface area contributed by atoms with Crippen LogP contribution >= 0.6 is 35.0 Å². The molecule has 0 bridgehead atoms. The summed E-state index contributed by atoms with van der Waals surface area (Å²) in [7, 11) is 0. The molecule has 0 radical (unpaired) electrons. The Hall–Kier alpha value is -2.22. The molecular formula is C25H30Cl2N4O2S. The van der Waals surface area contributed by atoms with Crippen LogP contribution in [0.4, 0.5) is 5.69 Å². The van der Waals surface area contributed by atoms with Gasteiger partial charge < -0.3 is 14.6 Å². The number of hydrogen-bond acceptors (Lipinski definition) is 5. The quantitative estimate of drug-likeness (QED) is 0.285. The molecule has 0 fully saturated rings. The van der Waals surface area contributed by atoms with Crippen molar-refractivity contribution < 1.29 is 9.53 Å². The molecule has 182 valence electrons. The van der Waals surface area contributed by atoms with E-state index in [-0.39, 0.29) is 17.8 Å². The van der Waals surface area contributed by atoms with Gasteiger partial charge in [-0.15, -0.1) is 10.2 Å². The maximum absolute atomic E-state index is 12.5. The van der Waals surface area contributed by atoms with E-state index in [1.165, 1.54) is 11.8 Å². The fraction of sp³-hybridized carbons (Fsp3) is 0.400. The Labute approximate surface area is 215 Å². The first-order valence-electron chi connectivity index (χ1n) is 11.2. The number of para-hydroxylation sites is 1. The van der Waals surface area contributed by atoms with Crippen LogP contribution in [0.15, 0.2) is 47.6 Å². The van der Waals surface area contributed by atoms with Gasteiger partial charge >= 0.3 is 0 Å². The minimum absolute atomic E-state index is 0.172. The van der Waals surface area contributed by atoms with E-state index in [9.17, 15) is 4.79 Å². The lowest BCUT2D eigenvalue weighted by molar-refractivity contribution is -0.113. The number of halogens is 2. The van der Waals surface area contributed by atoms with Crippen LogP contribution in [0.25, 0.3) is 0 Å². The number of thioether (sulfide) groups is 1. The maximum atomic E-state index is 12.5. The van der Waals surface area contributed by atoms with Crippen molar-refractivity contribution in [3.05, 3.63) is 63.9 Å². The number of nitrogens with zero attached hydrogens (tertiary/aromatic N) is 3. The van der Waals surface area contributed by atoms with Gasteiger partial charge in [0.1, 0.15) is 5.75 Å². The smallest absolute Gasteiger partial charge is 0.234 e. The molecule has 9 heteroatoms. The number of carbonyl (C=O) groups excluding carboxylic acids is 1. The van der Waals surface area contributed by atoms with Gasteiger partial charge in [0.15, 0.2) is 17.1 Å². The van der Waals surface area contributed by atoms with E-state index in [0.29, 0.717) is 32.7 Å². The molecule has 1 amide bonds. The standard InChI is InChI=1S/C25H30Cl2N4O2S/c1-15(2)13-31-24(17(5)33-22-9-7-6-8-21(22)16(3)4)29-30-25(31)34-14-23(32)28-20-11-18(26)10-19(27)12-20/h6-12,15-17H,13-14H2,1-5H3,(H,28,32). The van der Waals surface area contributed by atoms with Crippen molar-refractivity contribution in [1.29, 1.82) is 0 Å². The zero-order valence-electron chi connectivity index (χ0n) is 20.0. The minimum Gasteiger partial charge on any atom is -0.482 e. The highest BCUT2D eigenvalue weighted by Gasteiger charge is 2.22. The molecule has 1 heterocycles. The van der Waals surface area contributed by atoms with Gasteiger partial charge in [0.25, 0.3) is 0 Å². The minimum atomic E-state index is -0.303. The van der Waals surface area contributed by atoms with E-state index in [1.54, 1.807) is 18.2 Å². The number of rotatable bonds is 10. The molecule has 0 saturated heterocycles. The van der Waals surface area contributed by atoms with E-state index in [0.717, 1.165) is 23.7 Å². The van der Waals surface area contributed by atoms with Crippen molar-refractivity contribution in [2.45, 2.75) is 58.3 Å². The number of benzene rings is 2. The van der Waals surface area contributed by atoms with Crippen molar-refractivity contribution in [2.75, 3.05) is 11.1 Å². The van der Waals surface area contributed by atoms with E-state index in [1.807, 2.05) is 29.7 Å². The second kappa shape index (κ2) is 12.0. The van der Waals surface area contributed by atoms with Crippen molar-refractivity contribution in [1.82, 2.24) is 14.8 Å². The molecule has 3 rings (SSSR count). The molecule has 0 aliphatic heterocycles. The number of amides is 1. The van der Waals surface area contributed by atoms with Crippen LogP contribution in [0.1, 0.15) is 58.0 Å². The third-order valence-corrected chi connectivity index (χ3v) is 6.38. The number of carbonyl (C=O) groups is 1. The molecule has 2 aromatic carbocycles.